The van der Waals surface area contributed by atoms with E-state index >= 15 is 0 Å². The number of hydrogen-bond acceptors (Lipinski definition) is 7. The van der Waals surface area contributed by atoms with E-state index in [1.165, 1.54) is 0 Å². The number of ether oxygens (including phenoxy) is 1. The summed E-state index contributed by atoms with van der Waals surface area (Å²) >= 11 is 0. The van der Waals surface area contributed by atoms with E-state index in [0.29, 0.717) is 18.4 Å². The number of Topliss-reactive ketones (excluding diaryl/α,β-unsaturated/α-hetero) is 1. The number of allylic oxidation sites excluding steroid dienone is 4. The van der Waals surface area contributed by atoms with Crippen LogP contribution in [0.25, 0.3) is 0 Å². The van der Waals surface area contributed by atoms with Crippen molar-refractivity contribution < 1.29 is 34.8 Å². The number of ketones is 1. The molecular weight excluding hydrogens is 496 g/mol. The van der Waals surface area contributed by atoms with Gasteiger partial charge in [0.25, 0.3) is 0 Å². The van der Waals surface area contributed by atoms with Gasteiger partial charge in [0.1, 0.15) is 11.3 Å². The third-order valence-electron chi connectivity index (χ3n) is 10.4. The first kappa shape index (κ1) is 28.1. The largest absolute Gasteiger partial charge is 0.511 e. The maximum atomic E-state index is 14.3. The summed E-state index contributed by atoms with van der Waals surface area (Å²) < 4.78 is 5.96. The second kappa shape index (κ2) is 9.28. The van der Waals surface area contributed by atoms with Crippen LogP contribution in [0.15, 0.2) is 58.9 Å². The first-order valence-corrected chi connectivity index (χ1v) is 14.2. The highest BCUT2D eigenvalue weighted by Crippen LogP contribution is 2.60. The molecule has 11 atom stereocenters. The van der Waals surface area contributed by atoms with Crippen molar-refractivity contribution in [3.8, 4) is 0 Å². The number of fused-ring (bicyclic) bond motifs is 4. The Hall–Kier alpha value is -2.48. The summed E-state index contributed by atoms with van der Waals surface area (Å²) in [4.78, 5) is 27.9. The van der Waals surface area contributed by atoms with E-state index in [1.807, 2.05) is 71.1 Å². The van der Waals surface area contributed by atoms with E-state index in [9.17, 15) is 30.0 Å². The number of hydrogen-bond donors (Lipinski definition) is 4. The van der Waals surface area contributed by atoms with Crippen molar-refractivity contribution in [1.29, 1.82) is 0 Å². The van der Waals surface area contributed by atoms with Crippen LogP contribution >= 0.6 is 0 Å². The van der Waals surface area contributed by atoms with Gasteiger partial charge >= 0.3 is 5.97 Å². The van der Waals surface area contributed by atoms with Crippen molar-refractivity contribution in [2.75, 3.05) is 0 Å². The van der Waals surface area contributed by atoms with Crippen LogP contribution in [0.2, 0.25) is 0 Å². The van der Waals surface area contributed by atoms with Crippen LogP contribution in [0.4, 0.5) is 0 Å². The topological polar surface area (TPSA) is 124 Å². The quantitative estimate of drug-likeness (QED) is 0.208. The predicted octanol–water partition coefficient (Wildman–Crippen LogP) is 4.11. The summed E-state index contributed by atoms with van der Waals surface area (Å²) in [7, 11) is 0. The summed E-state index contributed by atoms with van der Waals surface area (Å²) in [6.45, 7) is 11.2. The summed E-state index contributed by atoms with van der Waals surface area (Å²) in [5, 5.41) is 45.4. The lowest BCUT2D eigenvalue weighted by atomic mass is 9.49. The van der Waals surface area contributed by atoms with Gasteiger partial charge in [0.15, 0.2) is 5.60 Å². The third-order valence-corrected chi connectivity index (χ3v) is 10.4. The number of aliphatic hydroxyl groups is 4. The van der Waals surface area contributed by atoms with E-state index in [-0.39, 0.29) is 35.5 Å². The van der Waals surface area contributed by atoms with E-state index in [0.717, 1.165) is 5.57 Å². The lowest BCUT2D eigenvalue weighted by Crippen LogP contribution is -2.59. The Bertz CT molecular complexity index is 1230. The van der Waals surface area contributed by atoms with Crippen LogP contribution in [-0.4, -0.2) is 55.6 Å². The molecule has 4 aliphatic carbocycles. The molecule has 4 N–H and O–H groups in total. The van der Waals surface area contributed by atoms with Crippen LogP contribution in [-0.2, 0) is 14.3 Å². The van der Waals surface area contributed by atoms with Crippen LogP contribution in [0.1, 0.15) is 60.8 Å². The zero-order valence-electron chi connectivity index (χ0n) is 23.7. The number of esters is 1. The highest BCUT2D eigenvalue weighted by molar-refractivity contribution is 6.26. The predicted molar refractivity (Wildman–Crippen MR) is 146 cm³/mol. The van der Waals surface area contributed by atoms with Crippen molar-refractivity contribution in [1.82, 2.24) is 0 Å². The van der Waals surface area contributed by atoms with Gasteiger partial charge in [0.05, 0.1) is 17.8 Å². The van der Waals surface area contributed by atoms with E-state index in [2.05, 4.69) is 0 Å². The minimum absolute atomic E-state index is 0.0289. The van der Waals surface area contributed by atoms with Crippen LogP contribution in [0.3, 0.4) is 0 Å². The Morgan fingerprint density at radius 1 is 0.974 bits per heavy atom. The molecule has 2 bridgehead atoms. The van der Waals surface area contributed by atoms with Gasteiger partial charge in [-0.05, 0) is 56.9 Å². The van der Waals surface area contributed by atoms with Crippen molar-refractivity contribution in [3.63, 3.8) is 0 Å². The second-order valence-electron chi connectivity index (χ2n) is 13.3. The molecule has 0 aromatic rings. The number of aliphatic hydroxyl groups excluding tert-OH is 3. The maximum Gasteiger partial charge on any atom is 0.346 e. The van der Waals surface area contributed by atoms with E-state index in [4.69, 9.17) is 4.74 Å². The Morgan fingerprint density at radius 3 is 2.36 bits per heavy atom. The summed E-state index contributed by atoms with van der Waals surface area (Å²) in [5.74, 6) is -3.75. The Kier molecular flexibility index (Phi) is 6.68. The molecule has 2 fully saturated rings. The molecule has 0 aromatic carbocycles. The van der Waals surface area contributed by atoms with Gasteiger partial charge in [-0.15, -0.1) is 0 Å². The molecule has 0 unspecified atom stereocenters. The highest BCUT2D eigenvalue weighted by Gasteiger charge is 2.63. The molecule has 0 radical (unpaired) electrons. The minimum atomic E-state index is -1.50. The van der Waals surface area contributed by atoms with E-state index in [1.54, 1.807) is 6.92 Å². The van der Waals surface area contributed by atoms with Gasteiger partial charge in [0, 0.05) is 29.6 Å². The molecule has 1 aliphatic heterocycles. The third kappa shape index (κ3) is 4.03. The van der Waals surface area contributed by atoms with Gasteiger partial charge in [-0.3, -0.25) is 4.79 Å². The molecule has 5 aliphatic rings. The van der Waals surface area contributed by atoms with Gasteiger partial charge in [-0.25, -0.2) is 4.79 Å². The number of carbonyl (C=O) groups excluding carboxylic acids is 2. The lowest BCUT2D eigenvalue weighted by molar-refractivity contribution is -0.162. The summed E-state index contributed by atoms with van der Waals surface area (Å²) in [6.07, 6.45) is 10.5. The normalized spacial score (nSPS) is 48.0. The molecule has 7 nitrogen and oxygen atoms in total. The van der Waals surface area contributed by atoms with Crippen LogP contribution < -0.4 is 0 Å². The zero-order valence-corrected chi connectivity index (χ0v) is 23.7. The molecule has 0 aromatic heterocycles. The standard InChI is InChI=1S/C32H42O7/c1-16-7-9-20-13-18(3)23(33)12-8-17(2)22-11-10-21-25(19(4)15-30(5,38)26(21)34)31(22,6)27(35)24-28(36)32(20,14-16)39-29(24)37/h7-11,13,16,19-23,25-26,33-35,38H,12,14-15H2,1-6H3/t16-,19-,20-,21-,22-,23-,25+,26+,30+,31+,32-/m0/s1. The number of rotatable bonds is 0. The molecule has 1 saturated carbocycles. The lowest BCUT2D eigenvalue weighted by Gasteiger charge is -2.57. The van der Waals surface area contributed by atoms with Gasteiger partial charge in [0.2, 0.25) is 5.78 Å². The molecule has 212 valence electrons. The fourth-order valence-electron chi connectivity index (χ4n) is 8.42. The molecule has 1 saturated heterocycles. The van der Waals surface area contributed by atoms with Crippen molar-refractivity contribution >= 4 is 11.8 Å². The fraction of sp³-hybridized carbons (Fsp3) is 0.625. The van der Waals surface area contributed by atoms with Gasteiger partial charge in [-0.2, -0.15) is 0 Å². The summed E-state index contributed by atoms with van der Waals surface area (Å²) in [6, 6.07) is 0. The summed E-state index contributed by atoms with van der Waals surface area (Å²) in [5.41, 5.74) is -2.73. The Morgan fingerprint density at radius 2 is 1.67 bits per heavy atom. The average Bonchev–Trinajstić information content (AvgIpc) is 3.09. The smallest absolute Gasteiger partial charge is 0.346 e. The first-order chi connectivity index (χ1) is 18.1. The molecule has 0 amide bonds. The van der Waals surface area contributed by atoms with Gasteiger partial charge < -0.3 is 25.2 Å². The monoisotopic (exact) mass is 538 g/mol. The maximum absolute atomic E-state index is 14.3. The molecule has 39 heavy (non-hydrogen) atoms. The second-order valence-corrected chi connectivity index (χ2v) is 13.3. The van der Waals surface area contributed by atoms with Crippen molar-refractivity contribution in [2.45, 2.75) is 84.2 Å². The van der Waals surface area contributed by atoms with Crippen LogP contribution in [0.5, 0.6) is 0 Å². The van der Waals surface area contributed by atoms with Crippen LogP contribution in [0, 0.1) is 40.9 Å². The molecule has 1 spiro atoms. The zero-order chi connectivity index (χ0) is 28.7. The van der Waals surface area contributed by atoms with E-state index < -0.39 is 58.3 Å². The highest BCUT2D eigenvalue weighted by atomic mass is 16.6. The Labute approximate surface area is 230 Å². The van der Waals surface area contributed by atoms with Gasteiger partial charge in [-0.1, -0.05) is 62.8 Å². The van der Waals surface area contributed by atoms with Crippen molar-refractivity contribution in [2.24, 2.45) is 40.9 Å². The average molecular weight is 539 g/mol. The molecular formula is C32H42O7. The minimum Gasteiger partial charge on any atom is -0.511 e. The first-order valence-electron chi connectivity index (χ1n) is 14.2. The Balaban J connectivity index is 1.78. The molecule has 7 heteroatoms. The molecule has 5 rings (SSSR count). The SMILES string of the molecule is CC1=C[C@@H]2C=C[C@H](C)C[C@]23OC(=O)C(=C(O)[C@@]2(C)[C@H]4[C@H](C=C[C@H]2C(C)=CC[C@@H]1O)[C@@H](O)[C@](C)(O)C[C@@H]4C)C3=O. The fourth-order valence-corrected chi connectivity index (χ4v) is 8.42. The van der Waals surface area contributed by atoms with Crippen molar-refractivity contribution in [3.05, 3.63) is 58.9 Å². The molecule has 1 heterocycles. The number of carbonyl (C=O) groups is 2.